The van der Waals surface area contributed by atoms with E-state index in [9.17, 15) is 8.42 Å². The van der Waals surface area contributed by atoms with Crippen LogP contribution in [-0.4, -0.2) is 53.2 Å². The Kier molecular flexibility index (Phi) is 7.41. The van der Waals surface area contributed by atoms with Crippen LogP contribution in [0.25, 0.3) is 0 Å². The summed E-state index contributed by atoms with van der Waals surface area (Å²) in [4.78, 5) is 0.0480. The molecule has 0 fully saturated rings. The van der Waals surface area contributed by atoms with Gasteiger partial charge in [-0.05, 0) is 24.6 Å². The topological polar surface area (TPSA) is 81.9 Å². The maximum atomic E-state index is 12.7. The molecule has 0 unspecified atom stereocenters. The maximum absolute atomic E-state index is 12.7. The predicted octanol–water partition coefficient (Wildman–Crippen LogP) is 1.60. The second kappa shape index (κ2) is 8.55. The lowest BCUT2D eigenvalue weighted by molar-refractivity contribution is 0.164. The number of rotatable bonds is 9. The van der Waals surface area contributed by atoms with Crippen molar-refractivity contribution in [3.63, 3.8) is 0 Å². The van der Waals surface area contributed by atoms with E-state index in [1.807, 2.05) is 0 Å². The van der Waals surface area contributed by atoms with Crippen molar-refractivity contribution in [3.05, 3.63) is 23.2 Å². The number of hydrogen-bond acceptors (Lipinski definition) is 5. The summed E-state index contributed by atoms with van der Waals surface area (Å²) in [5.41, 5.74) is 6.01. The molecule has 6 nitrogen and oxygen atoms in total. The fraction of sp³-hybridized carbons (Fsp3) is 0.538. The Morgan fingerprint density at radius 1 is 1.19 bits per heavy atom. The zero-order chi connectivity index (χ0) is 15.9. The van der Waals surface area contributed by atoms with E-state index in [2.05, 4.69) is 0 Å². The Bertz CT molecular complexity index is 551. The quantitative estimate of drug-likeness (QED) is 0.547. The zero-order valence-electron chi connectivity index (χ0n) is 12.2. The predicted molar refractivity (Wildman–Crippen MR) is 83.0 cm³/mol. The van der Waals surface area contributed by atoms with Crippen molar-refractivity contribution in [2.45, 2.75) is 11.3 Å². The van der Waals surface area contributed by atoms with Crippen molar-refractivity contribution < 1.29 is 17.9 Å². The van der Waals surface area contributed by atoms with Crippen molar-refractivity contribution in [1.29, 1.82) is 0 Å². The molecule has 2 N–H and O–H groups in total. The molecule has 1 aromatic rings. The standard InChI is InChI=1S/C13H21ClN2O4S/c1-19-8-3-6-16(7-9-20-2)21(17,18)13-5-4-11(15)10-12(13)14/h4-5,10H,3,6-9,15H2,1-2H3. The highest BCUT2D eigenvalue weighted by atomic mass is 35.5. The highest BCUT2D eigenvalue weighted by molar-refractivity contribution is 7.89. The summed E-state index contributed by atoms with van der Waals surface area (Å²) in [6.45, 7) is 1.37. The molecular weight excluding hydrogens is 316 g/mol. The molecule has 0 radical (unpaired) electrons. The first kappa shape index (κ1) is 18.2. The normalized spacial score (nSPS) is 12.0. The minimum Gasteiger partial charge on any atom is -0.399 e. The SMILES string of the molecule is COCCCN(CCOC)S(=O)(=O)c1ccc(N)cc1Cl. The van der Waals surface area contributed by atoms with E-state index in [0.29, 0.717) is 31.9 Å². The van der Waals surface area contributed by atoms with Crippen LogP contribution in [0.2, 0.25) is 5.02 Å². The lowest BCUT2D eigenvalue weighted by Crippen LogP contribution is -2.35. The molecule has 21 heavy (non-hydrogen) atoms. The van der Waals surface area contributed by atoms with Crippen LogP contribution >= 0.6 is 11.6 Å². The molecule has 0 saturated carbocycles. The number of anilines is 1. The van der Waals surface area contributed by atoms with E-state index >= 15 is 0 Å². The molecule has 0 aliphatic heterocycles. The minimum absolute atomic E-state index is 0.0480. The molecule has 0 bridgehead atoms. The van der Waals surface area contributed by atoms with Crippen LogP contribution in [0.5, 0.6) is 0 Å². The number of nitrogens with two attached hydrogens (primary N) is 1. The van der Waals surface area contributed by atoms with Gasteiger partial charge in [-0.25, -0.2) is 8.42 Å². The Morgan fingerprint density at radius 3 is 2.43 bits per heavy atom. The first-order valence-electron chi connectivity index (χ1n) is 6.46. The summed E-state index contributed by atoms with van der Waals surface area (Å²) in [6, 6.07) is 4.36. The van der Waals surface area contributed by atoms with Gasteiger partial charge in [-0.2, -0.15) is 4.31 Å². The van der Waals surface area contributed by atoms with E-state index in [0.717, 1.165) is 0 Å². The van der Waals surface area contributed by atoms with E-state index in [1.165, 1.54) is 29.6 Å². The molecule has 0 heterocycles. The lowest BCUT2D eigenvalue weighted by atomic mass is 10.3. The van der Waals surface area contributed by atoms with Gasteiger partial charge in [0.05, 0.1) is 11.6 Å². The average Bonchev–Trinajstić information content (AvgIpc) is 2.42. The molecule has 0 aliphatic carbocycles. The molecule has 0 spiro atoms. The molecule has 8 heteroatoms. The molecule has 0 amide bonds. The van der Waals surface area contributed by atoms with E-state index in [4.69, 9.17) is 26.8 Å². The fourth-order valence-corrected chi connectivity index (χ4v) is 3.79. The smallest absolute Gasteiger partial charge is 0.244 e. The molecule has 120 valence electrons. The van der Waals surface area contributed by atoms with Gasteiger partial charge < -0.3 is 15.2 Å². The monoisotopic (exact) mass is 336 g/mol. The molecular formula is C13H21ClN2O4S. The highest BCUT2D eigenvalue weighted by Crippen LogP contribution is 2.26. The molecule has 0 atom stereocenters. The largest absolute Gasteiger partial charge is 0.399 e. The Morgan fingerprint density at radius 2 is 1.86 bits per heavy atom. The number of benzene rings is 1. The maximum Gasteiger partial charge on any atom is 0.244 e. The van der Waals surface area contributed by atoms with Gasteiger partial charge in [-0.1, -0.05) is 11.6 Å². The molecule has 1 aromatic carbocycles. The third-order valence-corrected chi connectivity index (χ3v) is 5.26. The van der Waals surface area contributed by atoms with Gasteiger partial charge in [0.1, 0.15) is 4.90 Å². The van der Waals surface area contributed by atoms with Crippen molar-refractivity contribution in [2.75, 3.05) is 46.3 Å². The van der Waals surface area contributed by atoms with Crippen LogP contribution in [-0.2, 0) is 19.5 Å². The molecule has 0 saturated heterocycles. The van der Waals surface area contributed by atoms with Crippen LogP contribution < -0.4 is 5.73 Å². The molecule has 0 aromatic heterocycles. The van der Waals surface area contributed by atoms with Gasteiger partial charge in [-0.3, -0.25) is 0 Å². The molecule has 0 aliphatic rings. The molecule has 1 rings (SSSR count). The number of methoxy groups -OCH3 is 2. The minimum atomic E-state index is -3.69. The van der Waals surface area contributed by atoms with E-state index in [1.54, 1.807) is 7.11 Å². The highest BCUT2D eigenvalue weighted by Gasteiger charge is 2.26. The van der Waals surface area contributed by atoms with Crippen molar-refractivity contribution in [2.24, 2.45) is 0 Å². The van der Waals surface area contributed by atoms with E-state index < -0.39 is 10.0 Å². The summed E-state index contributed by atoms with van der Waals surface area (Å²) in [6.07, 6.45) is 0.589. The number of ether oxygens (including phenoxy) is 2. The van der Waals surface area contributed by atoms with Crippen molar-refractivity contribution >= 4 is 27.3 Å². The number of nitrogen functional groups attached to an aromatic ring is 1. The zero-order valence-corrected chi connectivity index (χ0v) is 13.8. The van der Waals surface area contributed by atoms with Gasteiger partial charge in [0.2, 0.25) is 10.0 Å². The lowest BCUT2D eigenvalue weighted by Gasteiger charge is -2.22. The van der Waals surface area contributed by atoms with Gasteiger partial charge in [-0.15, -0.1) is 0 Å². The van der Waals surface area contributed by atoms with Crippen LogP contribution in [0.4, 0.5) is 5.69 Å². The second-order valence-electron chi connectivity index (χ2n) is 4.43. The third kappa shape index (κ3) is 5.12. The summed E-state index contributed by atoms with van der Waals surface area (Å²) in [7, 11) is -0.593. The summed E-state index contributed by atoms with van der Waals surface area (Å²) in [5.74, 6) is 0. The number of sulfonamides is 1. The van der Waals surface area contributed by atoms with Gasteiger partial charge in [0.15, 0.2) is 0 Å². The summed E-state index contributed by atoms with van der Waals surface area (Å²) < 4.78 is 36.6. The van der Waals surface area contributed by atoms with Crippen molar-refractivity contribution in [3.8, 4) is 0 Å². The van der Waals surface area contributed by atoms with Crippen LogP contribution in [0, 0.1) is 0 Å². The van der Waals surface area contributed by atoms with E-state index in [-0.39, 0.29) is 16.5 Å². The average molecular weight is 337 g/mol. The van der Waals surface area contributed by atoms with Gasteiger partial charge in [0.25, 0.3) is 0 Å². The summed E-state index contributed by atoms with van der Waals surface area (Å²) >= 11 is 6.01. The fourth-order valence-electron chi connectivity index (χ4n) is 1.80. The van der Waals surface area contributed by atoms with Crippen molar-refractivity contribution in [1.82, 2.24) is 4.31 Å². The van der Waals surface area contributed by atoms with Gasteiger partial charge in [0, 0.05) is 39.6 Å². The Balaban J connectivity index is 3.01. The number of nitrogens with zero attached hydrogens (tertiary/aromatic N) is 1. The summed E-state index contributed by atoms with van der Waals surface area (Å²) in [5, 5.41) is 0.115. The van der Waals surface area contributed by atoms with Crippen LogP contribution in [0.3, 0.4) is 0 Å². The first-order valence-corrected chi connectivity index (χ1v) is 8.28. The van der Waals surface area contributed by atoms with Gasteiger partial charge >= 0.3 is 0 Å². The first-order chi connectivity index (χ1) is 9.93. The Labute approximate surface area is 130 Å². The van der Waals surface area contributed by atoms with Crippen LogP contribution in [0.1, 0.15) is 6.42 Å². The number of hydrogen-bond donors (Lipinski definition) is 1. The second-order valence-corrected chi connectivity index (χ2v) is 6.75. The Hall–Kier alpha value is -0.860. The number of halogens is 1. The third-order valence-electron chi connectivity index (χ3n) is 2.87. The van der Waals surface area contributed by atoms with Crippen LogP contribution in [0.15, 0.2) is 23.1 Å².